The third-order valence-corrected chi connectivity index (χ3v) is 13.9. The van der Waals surface area contributed by atoms with Gasteiger partial charge >= 0.3 is 11.9 Å². The predicted molar refractivity (Wildman–Crippen MR) is 285 cm³/mol. The second kappa shape index (κ2) is 60.0. The summed E-state index contributed by atoms with van der Waals surface area (Å²) in [7, 11) is 0. The Balaban J connectivity index is 0. The van der Waals surface area contributed by atoms with Crippen molar-refractivity contribution < 1.29 is 19.4 Å². The zero-order valence-electron chi connectivity index (χ0n) is 44.7. The van der Waals surface area contributed by atoms with Crippen molar-refractivity contribution in [3.63, 3.8) is 0 Å². The number of carbonyl (C=O) groups is 2. The predicted octanol–water partition coefficient (Wildman–Crippen LogP) is 21.6. The molecule has 0 rings (SSSR count). The molecule has 0 aliphatic heterocycles. The van der Waals surface area contributed by atoms with E-state index in [1.165, 1.54) is 289 Å². The Morgan fingerprint density at radius 3 is 0.734 bits per heavy atom. The van der Waals surface area contributed by atoms with Crippen LogP contribution in [-0.2, 0) is 14.3 Å². The van der Waals surface area contributed by atoms with Gasteiger partial charge in [-0.2, -0.15) is 0 Å². The first kappa shape index (κ1) is 65.0. The number of hydrogen-bond donors (Lipinski definition) is 1. The average Bonchev–Trinajstić information content (AvgIpc) is 3.29. The molecule has 0 aromatic heterocycles. The second-order valence-electron chi connectivity index (χ2n) is 20.5. The SMILES string of the molecule is CCCCCCCCCCCCCCCCC(CCCCCCCCCCCC)C(=O)O.CCCCCCCCCCCCCCCCCC(=O)OCCCCCCCCCCCC. The number of esters is 1. The molecule has 0 radical (unpaired) electrons. The zero-order valence-corrected chi connectivity index (χ0v) is 44.7. The number of rotatable bonds is 54. The molecular formula is C60H120O4. The summed E-state index contributed by atoms with van der Waals surface area (Å²) < 4.78 is 5.39. The van der Waals surface area contributed by atoms with Crippen LogP contribution in [0.2, 0.25) is 0 Å². The first-order chi connectivity index (χ1) is 31.5. The monoisotopic (exact) mass is 905 g/mol. The van der Waals surface area contributed by atoms with E-state index >= 15 is 0 Å². The molecule has 1 unspecified atom stereocenters. The van der Waals surface area contributed by atoms with Gasteiger partial charge in [0.05, 0.1) is 12.5 Å². The van der Waals surface area contributed by atoms with Crippen LogP contribution in [0.4, 0.5) is 0 Å². The van der Waals surface area contributed by atoms with E-state index in [1.807, 2.05) is 0 Å². The molecule has 64 heavy (non-hydrogen) atoms. The van der Waals surface area contributed by atoms with E-state index in [-0.39, 0.29) is 11.9 Å². The van der Waals surface area contributed by atoms with Crippen LogP contribution in [0.5, 0.6) is 0 Å². The molecule has 1 atom stereocenters. The minimum Gasteiger partial charge on any atom is -0.481 e. The van der Waals surface area contributed by atoms with Crippen molar-refractivity contribution in [2.24, 2.45) is 5.92 Å². The van der Waals surface area contributed by atoms with Crippen molar-refractivity contribution in [2.45, 2.75) is 362 Å². The van der Waals surface area contributed by atoms with Gasteiger partial charge in [0, 0.05) is 6.42 Å². The molecule has 384 valence electrons. The number of hydrogen-bond acceptors (Lipinski definition) is 3. The lowest BCUT2D eigenvalue weighted by Gasteiger charge is -2.12. The summed E-state index contributed by atoms with van der Waals surface area (Å²) in [4.78, 5) is 23.4. The number of carboxylic acid groups (broad SMARTS) is 1. The topological polar surface area (TPSA) is 63.6 Å². The molecule has 0 amide bonds. The van der Waals surface area contributed by atoms with Crippen LogP contribution in [0, 0.1) is 5.92 Å². The van der Waals surface area contributed by atoms with Gasteiger partial charge in [0.2, 0.25) is 0 Å². The van der Waals surface area contributed by atoms with Crippen LogP contribution < -0.4 is 0 Å². The van der Waals surface area contributed by atoms with Crippen LogP contribution in [0.25, 0.3) is 0 Å². The van der Waals surface area contributed by atoms with Crippen molar-refractivity contribution in [1.29, 1.82) is 0 Å². The minimum absolute atomic E-state index is 0.0237. The number of carboxylic acids is 1. The Kier molecular flexibility index (Phi) is 60.9. The molecule has 0 bridgehead atoms. The lowest BCUT2D eigenvalue weighted by Crippen LogP contribution is -2.13. The van der Waals surface area contributed by atoms with E-state index < -0.39 is 5.97 Å². The number of carbonyl (C=O) groups excluding carboxylic acids is 1. The lowest BCUT2D eigenvalue weighted by atomic mass is 9.94. The van der Waals surface area contributed by atoms with E-state index in [1.54, 1.807) is 0 Å². The highest BCUT2D eigenvalue weighted by atomic mass is 16.5. The molecule has 0 saturated heterocycles. The highest BCUT2D eigenvalue weighted by Gasteiger charge is 2.16. The first-order valence-corrected chi connectivity index (χ1v) is 29.9. The van der Waals surface area contributed by atoms with Gasteiger partial charge in [-0.25, -0.2) is 0 Å². The molecule has 0 fully saturated rings. The molecule has 0 spiro atoms. The lowest BCUT2D eigenvalue weighted by molar-refractivity contribution is -0.144. The number of ether oxygens (including phenoxy) is 1. The number of aliphatic carboxylic acids is 1. The largest absolute Gasteiger partial charge is 0.481 e. The smallest absolute Gasteiger partial charge is 0.306 e. The first-order valence-electron chi connectivity index (χ1n) is 29.9. The fraction of sp³-hybridized carbons (Fsp3) is 0.967. The van der Waals surface area contributed by atoms with Crippen LogP contribution in [-0.4, -0.2) is 23.7 Å². The molecule has 0 saturated carbocycles. The summed E-state index contributed by atoms with van der Waals surface area (Å²) in [5, 5.41) is 9.52. The van der Waals surface area contributed by atoms with Gasteiger partial charge < -0.3 is 9.84 Å². The molecule has 0 heterocycles. The van der Waals surface area contributed by atoms with E-state index in [0.717, 1.165) is 38.5 Å². The van der Waals surface area contributed by atoms with E-state index in [4.69, 9.17) is 4.74 Å². The van der Waals surface area contributed by atoms with Gasteiger partial charge in [-0.05, 0) is 25.7 Å². The fourth-order valence-electron chi connectivity index (χ4n) is 9.34. The van der Waals surface area contributed by atoms with Crippen LogP contribution in [0.15, 0.2) is 0 Å². The standard InChI is InChI=1S/2C30H60O2/c1-3-5-7-9-11-13-15-16-17-18-19-20-22-24-26-28-30(31)32-29-27-25-23-21-14-12-10-8-6-4-2;1-3-5-7-9-11-13-15-16-17-18-20-22-24-26-28-29(30(31)32)27-25-23-21-19-14-12-10-8-6-4-2/h3-29H2,1-2H3;29H,3-28H2,1-2H3,(H,31,32). The second-order valence-corrected chi connectivity index (χ2v) is 20.5. The van der Waals surface area contributed by atoms with Crippen molar-refractivity contribution in [2.75, 3.05) is 6.61 Å². The van der Waals surface area contributed by atoms with Crippen LogP contribution in [0.3, 0.4) is 0 Å². The van der Waals surface area contributed by atoms with E-state index in [0.29, 0.717) is 13.0 Å². The summed E-state index contributed by atoms with van der Waals surface area (Å²) in [6.45, 7) is 9.74. The maximum absolute atomic E-state index is 11.8. The summed E-state index contributed by atoms with van der Waals surface area (Å²) in [5.74, 6) is -0.632. The molecule has 0 aliphatic rings. The van der Waals surface area contributed by atoms with Crippen molar-refractivity contribution in [3.8, 4) is 0 Å². The molecule has 0 aliphatic carbocycles. The highest BCUT2D eigenvalue weighted by Crippen LogP contribution is 2.21. The Morgan fingerprint density at radius 1 is 0.297 bits per heavy atom. The molecule has 4 heteroatoms. The minimum atomic E-state index is -0.560. The average molecular weight is 906 g/mol. The van der Waals surface area contributed by atoms with Gasteiger partial charge in [0.25, 0.3) is 0 Å². The third kappa shape index (κ3) is 59.0. The summed E-state index contributed by atoms with van der Waals surface area (Å²) in [5.41, 5.74) is 0. The maximum Gasteiger partial charge on any atom is 0.306 e. The Bertz CT molecular complexity index is 855. The van der Waals surface area contributed by atoms with Crippen molar-refractivity contribution in [1.82, 2.24) is 0 Å². The summed E-state index contributed by atoms with van der Waals surface area (Å²) >= 11 is 0. The van der Waals surface area contributed by atoms with Gasteiger partial charge in [-0.1, -0.05) is 329 Å². The normalized spacial score (nSPS) is 11.8. The van der Waals surface area contributed by atoms with Crippen LogP contribution >= 0.6 is 0 Å². The summed E-state index contributed by atoms with van der Waals surface area (Å²) in [6, 6.07) is 0. The van der Waals surface area contributed by atoms with Gasteiger partial charge in [-0.3, -0.25) is 9.59 Å². The quantitative estimate of drug-likeness (QED) is 0.0488. The Hall–Kier alpha value is -1.06. The van der Waals surface area contributed by atoms with Gasteiger partial charge in [-0.15, -0.1) is 0 Å². The molecule has 4 nitrogen and oxygen atoms in total. The fourth-order valence-corrected chi connectivity index (χ4v) is 9.34. The molecule has 0 aromatic carbocycles. The Morgan fingerprint density at radius 2 is 0.500 bits per heavy atom. The van der Waals surface area contributed by atoms with Crippen LogP contribution in [0.1, 0.15) is 362 Å². The molecule has 1 N–H and O–H groups in total. The molecule has 0 aromatic rings. The summed E-state index contributed by atoms with van der Waals surface area (Å²) in [6.07, 6.45) is 68.3. The maximum atomic E-state index is 11.8. The third-order valence-electron chi connectivity index (χ3n) is 13.9. The van der Waals surface area contributed by atoms with Gasteiger partial charge in [0.1, 0.15) is 0 Å². The van der Waals surface area contributed by atoms with Crippen molar-refractivity contribution >= 4 is 11.9 Å². The van der Waals surface area contributed by atoms with E-state index in [2.05, 4.69) is 27.7 Å². The van der Waals surface area contributed by atoms with Crippen molar-refractivity contribution in [3.05, 3.63) is 0 Å². The molecular weight excluding hydrogens is 785 g/mol. The highest BCUT2D eigenvalue weighted by molar-refractivity contribution is 5.70. The van der Waals surface area contributed by atoms with E-state index in [9.17, 15) is 14.7 Å². The zero-order chi connectivity index (χ0) is 46.9. The van der Waals surface area contributed by atoms with Gasteiger partial charge in [0.15, 0.2) is 0 Å². The Labute approximate surface area is 404 Å². The number of unbranched alkanes of at least 4 members (excludes halogenated alkanes) is 45.